The number of hydrogen-bond donors (Lipinski definition) is 0. The van der Waals surface area contributed by atoms with Crippen LogP contribution in [-0.2, 0) is 12.0 Å². The number of hydrogen-bond acceptors (Lipinski definition) is 1. The average Bonchev–Trinajstić information content (AvgIpc) is 2.55. The highest BCUT2D eigenvalue weighted by Crippen LogP contribution is 2.32. The lowest BCUT2D eigenvalue weighted by Crippen LogP contribution is -2.18. The Hall–Kier alpha value is -1.80. The molecule has 2 aromatic rings. The summed E-state index contributed by atoms with van der Waals surface area (Å²) in [6.45, 7) is 20.3. The molecule has 2 heteroatoms. The van der Waals surface area contributed by atoms with Crippen molar-refractivity contribution in [3.05, 3.63) is 81.3 Å². The fourth-order valence-corrected chi connectivity index (χ4v) is 3.66. The van der Waals surface area contributed by atoms with E-state index >= 15 is 0 Å². The molecule has 0 aliphatic carbocycles. The van der Waals surface area contributed by atoms with E-state index in [-0.39, 0.29) is 5.41 Å². The Morgan fingerprint density at radius 2 is 1.77 bits per heavy atom. The Balaban J connectivity index is 2.37. The van der Waals surface area contributed by atoms with Crippen molar-refractivity contribution in [2.75, 3.05) is 7.05 Å². The van der Waals surface area contributed by atoms with Crippen molar-refractivity contribution in [2.45, 2.75) is 46.6 Å². The summed E-state index contributed by atoms with van der Waals surface area (Å²) < 4.78 is 1.11. The Bertz CT molecular complexity index is 840. The molecule has 2 rings (SSSR count). The molecule has 0 N–H and O–H groups in total. The molecule has 0 heterocycles. The highest BCUT2D eigenvalue weighted by Gasteiger charge is 2.19. The third-order valence-electron chi connectivity index (χ3n) is 4.91. The summed E-state index contributed by atoms with van der Waals surface area (Å²) in [4.78, 5) is 2.22. The first-order valence-corrected chi connectivity index (χ1v) is 9.77. The van der Waals surface area contributed by atoms with Crippen LogP contribution < -0.4 is 0 Å². The molecule has 0 unspecified atom stereocenters. The van der Waals surface area contributed by atoms with Gasteiger partial charge in [-0.05, 0) is 59.2 Å². The number of benzene rings is 2. The number of halogens is 1. The van der Waals surface area contributed by atoms with E-state index in [0.717, 1.165) is 22.3 Å². The maximum Gasteiger partial charge on any atom is 0.0428 e. The number of rotatable bonds is 5. The molecule has 0 aliphatic heterocycles. The highest BCUT2D eigenvalue weighted by molar-refractivity contribution is 9.10. The molecule has 0 spiro atoms. The summed E-state index contributed by atoms with van der Waals surface area (Å²) in [5.74, 6) is 0. The summed E-state index contributed by atoms with van der Waals surface area (Å²) in [5, 5.41) is 0. The molecule has 0 fully saturated rings. The Morgan fingerprint density at radius 1 is 1.12 bits per heavy atom. The topological polar surface area (TPSA) is 3.24 Å². The molecule has 0 aliphatic rings. The van der Waals surface area contributed by atoms with Gasteiger partial charge in [-0.3, -0.25) is 0 Å². The maximum absolute atomic E-state index is 4.40. The number of nitrogens with zero attached hydrogens (tertiary/aromatic N) is 1. The van der Waals surface area contributed by atoms with Crippen LogP contribution in [0.5, 0.6) is 0 Å². The van der Waals surface area contributed by atoms with Gasteiger partial charge in [-0.1, -0.05) is 74.1 Å². The molecule has 0 atom stereocenters. The van der Waals surface area contributed by atoms with Crippen LogP contribution in [0, 0.1) is 13.8 Å². The fourth-order valence-electron chi connectivity index (χ4n) is 3.18. The van der Waals surface area contributed by atoms with Gasteiger partial charge in [-0.15, -0.1) is 0 Å². The Morgan fingerprint density at radius 3 is 2.31 bits per heavy atom. The molecule has 0 amide bonds. The Labute approximate surface area is 167 Å². The third-order valence-corrected chi connectivity index (χ3v) is 5.41. The van der Waals surface area contributed by atoms with Gasteiger partial charge in [0.2, 0.25) is 0 Å². The average molecular weight is 412 g/mol. The van der Waals surface area contributed by atoms with Crippen LogP contribution in [0.4, 0.5) is 0 Å². The van der Waals surface area contributed by atoms with Crippen molar-refractivity contribution >= 4 is 27.7 Å². The van der Waals surface area contributed by atoms with Crippen LogP contribution in [0.1, 0.15) is 54.2 Å². The SMILES string of the molecule is C=Cc1cc(C(C)(C)C)cc(C)c1C(=C)N(C)Cc1ccc(Br)cc1C. The van der Waals surface area contributed by atoms with Crippen molar-refractivity contribution in [2.24, 2.45) is 0 Å². The van der Waals surface area contributed by atoms with Crippen molar-refractivity contribution in [3.63, 3.8) is 0 Å². The van der Waals surface area contributed by atoms with Crippen LogP contribution in [0.2, 0.25) is 0 Å². The molecular weight excluding hydrogens is 382 g/mol. The van der Waals surface area contributed by atoms with Crippen LogP contribution in [0.15, 0.2) is 48.0 Å². The zero-order valence-corrected chi connectivity index (χ0v) is 18.5. The lowest BCUT2D eigenvalue weighted by atomic mass is 9.83. The van der Waals surface area contributed by atoms with Gasteiger partial charge in [0.05, 0.1) is 0 Å². The molecular formula is C24H30BrN. The summed E-state index contributed by atoms with van der Waals surface area (Å²) in [5.41, 5.74) is 8.64. The Kier molecular flexibility index (Phi) is 6.18. The van der Waals surface area contributed by atoms with Crippen molar-refractivity contribution in [1.82, 2.24) is 4.90 Å². The predicted octanol–water partition coefficient (Wildman–Crippen LogP) is 7.11. The molecule has 138 valence electrons. The normalized spacial score (nSPS) is 11.3. The molecule has 0 saturated carbocycles. The number of aryl methyl sites for hydroxylation is 2. The minimum absolute atomic E-state index is 0.114. The minimum atomic E-state index is 0.114. The molecule has 26 heavy (non-hydrogen) atoms. The van der Waals surface area contributed by atoms with E-state index in [9.17, 15) is 0 Å². The first-order chi connectivity index (χ1) is 12.0. The van der Waals surface area contributed by atoms with Gasteiger partial charge in [-0.2, -0.15) is 0 Å². The van der Waals surface area contributed by atoms with Gasteiger partial charge < -0.3 is 4.90 Å². The van der Waals surface area contributed by atoms with Crippen molar-refractivity contribution in [3.8, 4) is 0 Å². The standard InChI is InChI=1S/C24H30BrN/c1-9-19-14-21(24(5,6)7)12-17(3)23(19)18(4)26(8)15-20-10-11-22(25)13-16(20)2/h9-14H,1,4,15H2,2-3,5-8H3. The summed E-state index contributed by atoms with van der Waals surface area (Å²) in [6, 6.07) is 11.0. The van der Waals surface area contributed by atoms with E-state index in [1.54, 1.807) is 0 Å². The second-order valence-corrected chi connectivity index (χ2v) is 9.00. The summed E-state index contributed by atoms with van der Waals surface area (Å²) in [6.07, 6.45) is 1.95. The second-order valence-electron chi connectivity index (χ2n) is 8.09. The monoisotopic (exact) mass is 411 g/mol. The van der Waals surface area contributed by atoms with Crippen LogP contribution >= 0.6 is 15.9 Å². The van der Waals surface area contributed by atoms with Gasteiger partial charge in [-0.25, -0.2) is 0 Å². The largest absolute Gasteiger partial charge is 0.370 e. The molecule has 0 aromatic heterocycles. The quantitative estimate of drug-likeness (QED) is 0.506. The summed E-state index contributed by atoms with van der Waals surface area (Å²) in [7, 11) is 2.10. The van der Waals surface area contributed by atoms with E-state index in [1.165, 1.54) is 27.8 Å². The van der Waals surface area contributed by atoms with E-state index in [0.29, 0.717) is 0 Å². The first-order valence-electron chi connectivity index (χ1n) is 8.97. The predicted molar refractivity (Wildman–Crippen MR) is 119 cm³/mol. The summed E-state index contributed by atoms with van der Waals surface area (Å²) >= 11 is 3.54. The van der Waals surface area contributed by atoms with Crippen molar-refractivity contribution < 1.29 is 0 Å². The lowest BCUT2D eigenvalue weighted by molar-refractivity contribution is 0.474. The zero-order chi connectivity index (χ0) is 19.6. The van der Waals surface area contributed by atoms with Gasteiger partial charge in [0.15, 0.2) is 0 Å². The molecule has 0 bridgehead atoms. The molecule has 2 aromatic carbocycles. The van der Waals surface area contributed by atoms with E-state index in [1.807, 2.05) is 6.08 Å². The zero-order valence-electron chi connectivity index (χ0n) is 16.9. The van der Waals surface area contributed by atoms with E-state index in [2.05, 4.69) is 106 Å². The van der Waals surface area contributed by atoms with Crippen LogP contribution in [0.25, 0.3) is 11.8 Å². The van der Waals surface area contributed by atoms with Gasteiger partial charge in [0.25, 0.3) is 0 Å². The molecule has 0 saturated heterocycles. The first kappa shape index (κ1) is 20.5. The smallest absolute Gasteiger partial charge is 0.0428 e. The van der Waals surface area contributed by atoms with Crippen LogP contribution in [0.3, 0.4) is 0 Å². The van der Waals surface area contributed by atoms with Gasteiger partial charge in [0, 0.05) is 29.3 Å². The van der Waals surface area contributed by atoms with Gasteiger partial charge >= 0.3 is 0 Å². The van der Waals surface area contributed by atoms with Crippen LogP contribution in [-0.4, -0.2) is 11.9 Å². The van der Waals surface area contributed by atoms with Gasteiger partial charge in [0.1, 0.15) is 0 Å². The fraction of sp³-hybridized carbons (Fsp3) is 0.333. The van der Waals surface area contributed by atoms with E-state index in [4.69, 9.17) is 0 Å². The minimum Gasteiger partial charge on any atom is -0.370 e. The molecule has 1 nitrogen and oxygen atoms in total. The maximum atomic E-state index is 4.40. The highest BCUT2D eigenvalue weighted by atomic mass is 79.9. The van der Waals surface area contributed by atoms with Crippen molar-refractivity contribution in [1.29, 1.82) is 0 Å². The second kappa shape index (κ2) is 7.84. The molecule has 0 radical (unpaired) electrons. The third kappa shape index (κ3) is 4.48. The van der Waals surface area contributed by atoms with E-state index < -0.39 is 0 Å². The lowest BCUT2D eigenvalue weighted by Gasteiger charge is -2.28.